The summed E-state index contributed by atoms with van der Waals surface area (Å²) in [5.41, 5.74) is -0.0614. The molecule has 1 heterocycles. The molecular formula is C15H15F3N2O2. The molecule has 0 aliphatic rings. The molecule has 22 heavy (non-hydrogen) atoms. The van der Waals surface area contributed by atoms with Crippen molar-refractivity contribution in [3.8, 4) is 5.75 Å². The zero-order valence-electron chi connectivity index (χ0n) is 12.1. The molecule has 4 nitrogen and oxygen atoms in total. The van der Waals surface area contributed by atoms with Crippen molar-refractivity contribution in [3.63, 3.8) is 0 Å². The summed E-state index contributed by atoms with van der Waals surface area (Å²) in [6.07, 6.45) is -4.54. The molecule has 0 unspecified atom stereocenters. The number of nitrogens with zero attached hydrogens (tertiary/aromatic N) is 2. The molecule has 1 N–H and O–H groups in total. The maximum atomic E-state index is 12.8. The summed E-state index contributed by atoms with van der Waals surface area (Å²) >= 11 is 0. The van der Waals surface area contributed by atoms with E-state index < -0.39 is 18.5 Å². The van der Waals surface area contributed by atoms with Crippen molar-refractivity contribution in [2.75, 3.05) is 19.1 Å². The second-order valence-electron chi connectivity index (χ2n) is 4.59. The summed E-state index contributed by atoms with van der Waals surface area (Å²) < 4.78 is 43.5. The number of pyridine rings is 1. The number of alkyl halides is 3. The average molecular weight is 312 g/mol. The van der Waals surface area contributed by atoms with Gasteiger partial charge in [-0.2, -0.15) is 13.2 Å². The molecule has 2 rings (SSSR count). The van der Waals surface area contributed by atoms with Gasteiger partial charge in [0.05, 0.1) is 13.7 Å². The molecule has 2 aromatic rings. The third-order valence-electron chi connectivity index (χ3n) is 3.19. The van der Waals surface area contributed by atoms with Gasteiger partial charge < -0.3 is 14.7 Å². The number of aliphatic hydroxyl groups excluding tert-OH is 1. The Morgan fingerprint density at radius 2 is 1.77 bits per heavy atom. The molecule has 0 bridgehead atoms. The number of ether oxygens (including phenoxy) is 1. The predicted molar refractivity (Wildman–Crippen MR) is 76.2 cm³/mol. The number of methoxy groups -OCH3 is 1. The normalized spacial score (nSPS) is 11.4. The van der Waals surface area contributed by atoms with E-state index >= 15 is 0 Å². The Labute approximate surface area is 125 Å². The Bertz CT molecular complexity index is 642. The second-order valence-corrected chi connectivity index (χ2v) is 4.59. The van der Waals surface area contributed by atoms with Crippen LogP contribution in [0.2, 0.25) is 0 Å². The molecule has 1 aromatic carbocycles. The molecule has 0 atom stereocenters. The van der Waals surface area contributed by atoms with Crippen LogP contribution >= 0.6 is 0 Å². The monoisotopic (exact) mass is 312 g/mol. The van der Waals surface area contributed by atoms with Gasteiger partial charge in [-0.3, -0.25) is 0 Å². The first-order chi connectivity index (χ1) is 10.4. The van der Waals surface area contributed by atoms with Crippen LogP contribution in [0.3, 0.4) is 0 Å². The van der Waals surface area contributed by atoms with Crippen LogP contribution in [0.1, 0.15) is 11.3 Å². The highest BCUT2D eigenvalue weighted by Gasteiger charge is 2.33. The minimum Gasteiger partial charge on any atom is -0.497 e. The lowest BCUT2D eigenvalue weighted by atomic mass is 10.2. The van der Waals surface area contributed by atoms with Crippen LogP contribution in [-0.4, -0.2) is 24.2 Å². The van der Waals surface area contributed by atoms with E-state index in [1.807, 2.05) is 0 Å². The summed E-state index contributed by atoms with van der Waals surface area (Å²) in [5, 5.41) is 9.32. The van der Waals surface area contributed by atoms with Gasteiger partial charge in [0.15, 0.2) is 0 Å². The Kier molecular flexibility index (Phi) is 4.56. The average Bonchev–Trinajstić information content (AvgIpc) is 2.52. The molecule has 0 saturated carbocycles. The maximum Gasteiger partial charge on any atom is 0.433 e. The topological polar surface area (TPSA) is 45.6 Å². The van der Waals surface area contributed by atoms with E-state index in [0.717, 1.165) is 6.07 Å². The molecule has 118 valence electrons. The van der Waals surface area contributed by atoms with E-state index in [9.17, 15) is 18.3 Å². The number of anilines is 2. The largest absolute Gasteiger partial charge is 0.497 e. The van der Waals surface area contributed by atoms with Crippen molar-refractivity contribution < 1.29 is 23.0 Å². The molecule has 0 aliphatic carbocycles. The highest BCUT2D eigenvalue weighted by molar-refractivity contribution is 5.63. The number of hydrogen-bond donors (Lipinski definition) is 1. The highest BCUT2D eigenvalue weighted by Crippen LogP contribution is 2.32. The molecule has 0 radical (unpaired) electrons. The van der Waals surface area contributed by atoms with Crippen LogP contribution in [0.15, 0.2) is 36.4 Å². The predicted octanol–water partition coefficient (Wildman–Crippen LogP) is 3.37. The molecule has 0 amide bonds. The smallest absolute Gasteiger partial charge is 0.433 e. The van der Waals surface area contributed by atoms with Crippen LogP contribution in [0.25, 0.3) is 0 Å². The zero-order chi connectivity index (χ0) is 16.3. The third-order valence-corrected chi connectivity index (χ3v) is 3.19. The Balaban J connectivity index is 2.43. The number of benzene rings is 1. The summed E-state index contributed by atoms with van der Waals surface area (Å²) in [7, 11) is 3.11. The van der Waals surface area contributed by atoms with Crippen LogP contribution in [0, 0.1) is 0 Å². The van der Waals surface area contributed by atoms with Gasteiger partial charge in [0.1, 0.15) is 17.3 Å². The Hall–Kier alpha value is -2.28. The fourth-order valence-electron chi connectivity index (χ4n) is 1.98. The molecule has 0 spiro atoms. The zero-order valence-corrected chi connectivity index (χ0v) is 12.1. The van der Waals surface area contributed by atoms with Crippen molar-refractivity contribution in [1.29, 1.82) is 0 Å². The van der Waals surface area contributed by atoms with E-state index in [2.05, 4.69) is 4.98 Å². The summed E-state index contributed by atoms with van der Waals surface area (Å²) in [6, 6.07) is 8.86. The van der Waals surface area contributed by atoms with E-state index in [1.165, 1.54) is 18.1 Å². The lowest BCUT2D eigenvalue weighted by molar-refractivity contribution is -0.141. The van der Waals surface area contributed by atoms with E-state index in [1.54, 1.807) is 31.3 Å². The lowest BCUT2D eigenvalue weighted by Gasteiger charge is -2.22. The quantitative estimate of drug-likeness (QED) is 0.940. The number of aliphatic hydroxyl groups is 1. The van der Waals surface area contributed by atoms with Crippen molar-refractivity contribution in [2.24, 2.45) is 0 Å². The number of rotatable bonds is 4. The van der Waals surface area contributed by atoms with E-state index in [-0.39, 0.29) is 5.82 Å². The Morgan fingerprint density at radius 3 is 2.27 bits per heavy atom. The first kappa shape index (κ1) is 16.1. The SMILES string of the molecule is COc1ccc(N(C)c2nc(C(F)(F)F)ccc2CO)cc1. The van der Waals surface area contributed by atoms with Gasteiger partial charge in [-0.15, -0.1) is 0 Å². The maximum absolute atomic E-state index is 12.8. The standard InChI is InChI=1S/C15H15F3N2O2/c1-20(11-4-6-12(22-2)7-5-11)14-10(9-21)3-8-13(19-14)15(16,17)18/h3-8,21H,9H2,1-2H3. The fourth-order valence-corrected chi connectivity index (χ4v) is 1.98. The second kappa shape index (κ2) is 6.23. The third kappa shape index (κ3) is 3.30. The number of hydrogen-bond acceptors (Lipinski definition) is 4. The molecule has 0 fully saturated rings. The van der Waals surface area contributed by atoms with Gasteiger partial charge in [-0.05, 0) is 30.3 Å². The highest BCUT2D eigenvalue weighted by atomic mass is 19.4. The summed E-state index contributed by atoms with van der Waals surface area (Å²) in [5.74, 6) is 0.694. The number of aromatic nitrogens is 1. The molecule has 1 aromatic heterocycles. The first-order valence-electron chi connectivity index (χ1n) is 6.42. The first-order valence-corrected chi connectivity index (χ1v) is 6.42. The van der Waals surface area contributed by atoms with Gasteiger partial charge in [0.25, 0.3) is 0 Å². The minimum atomic E-state index is -4.54. The summed E-state index contributed by atoms with van der Waals surface area (Å²) in [6.45, 7) is -0.402. The molecule has 0 saturated heterocycles. The van der Waals surface area contributed by atoms with Gasteiger partial charge in [-0.1, -0.05) is 6.07 Å². The summed E-state index contributed by atoms with van der Waals surface area (Å²) in [4.78, 5) is 5.13. The van der Waals surface area contributed by atoms with Crippen LogP contribution in [0.4, 0.5) is 24.7 Å². The van der Waals surface area contributed by atoms with Gasteiger partial charge in [-0.25, -0.2) is 4.98 Å². The minimum absolute atomic E-state index is 0.0579. The van der Waals surface area contributed by atoms with Gasteiger partial charge >= 0.3 is 6.18 Å². The van der Waals surface area contributed by atoms with Crippen molar-refractivity contribution in [2.45, 2.75) is 12.8 Å². The van der Waals surface area contributed by atoms with Crippen LogP contribution in [-0.2, 0) is 12.8 Å². The molecular weight excluding hydrogens is 297 g/mol. The van der Waals surface area contributed by atoms with Crippen molar-refractivity contribution in [3.05, 3.63) is 47.7 Å². The lowest BCUT2D eigenvalue weighted by Crippen LogP contribution is -2.17. The Morgan fingerprint density at radius 1 is 1.14 bits per heavy atom. The number of halogens is 3. The van der Waals surface area contributed by atoms with Gasteiger partial charge in [0, 0.05) is 18.3 Å². The van der Waals surface area contributed by atoms with Gasteiger partial charge in [0.2, 0.25) is 0 Å². The molecule has 7 heteroatoms. The van der Waals surface area contributed by atoms with Crippen LogP contribution in [0.5, 0.6) is 5.75 Å². The van der Waals surface area contributed by atoms with Crippen molar-refractivity contribution in [1.82, 2.24) is 4.98 Å². The van der Waals surface area contributed by atoms with Crippen molar-refractivity contribution >= 4 is 11.5 Å². The molecule has 0 aliphatic heterocycles. The van der Waals surface area contributed by atoms with E-state index in [0.29, 0.717) is 17.0 Å². The fraction of sp³-hybridized carbons (Fsp3) is 0.267. The van der Waals surface area contributed by atoms with Crippen LogP contribution < -0.4 is 9.64 Å². The van der Waals surface area contributed by atoms with E-state index in [4.69, 9.17) is 4.74 Å².